The molecule has 0 saturated carbocycles. The van der Waals surface area contributed by atoms with E-state index in [0.29, 0.717) is 25.3 Å². The summed E-state index contributed by atoms with van der Waals surface area (Å²) in [6.45, 7) is 7.24. The van der Waals surface area contributed by atoms with Gasteiger partial charge in [-0.25, -0.2) is 4.98 Å². The van der Waals surface area contributed by atoms with Crippen molar-refractivity contribution in [2.75, 3.05) is 36.8 Å². The van der Waals surface area contributed by atoms with E-state index in [-0.39, 0.29) is 31.0 Å². The average Bonchev–Trinajstić information content (AvgIpc) is 3.54. The number of anilines is 2. The second-order valence-electron chi connectivity index (χ2n) is 10.0. The van der Waals surface area contributed by atoms with E-state index in [9.17, 15) is 9.59 Å². The number of carbonyl (C=O) groups is 2. The van der Waals surface area contributed by atoms with Gasteiger partial charge in [0, 0.05) is 25.5 Å². The van der Waals surface area contributed by atoms with Gasteiger partial charge < -0.3 is 18.9 Å². The largest absolute Gasteiger partial charge is 0.495 e. The van der Waals surface area contributed by atoms with E-state index in [1.165, 1.54) is 0 Å². The van der Waals surface area contributed by atoms with Crippen molar-refractivity contribution in [3.05, 3.63) is 83.7 Å². The molecule has 1 atom stereocenters. The first kappa shape index (κ1) is 27.4. The fraction of sp³-hybridized carbons (Fsp3) is 0.344. The van der Waals surface area contributed by atoms with Crippen LogP contribution in [0.15, 0.2) is 66.7 Å². The van der Waals surface area contributed by atoms with Crippen LogP contribution in [0, 0.1) is 6.92 Å². The van der Waals surface area contributed by atoms with Crippen LogP contribution >= 0.6 is 0 Å². The third-order valence-electron chi connectivity index (χ3n) is 7.54. The number of imidazole rings is 1. The van der Waals surface area contributed by atoms with Crippen molar-refractivity contribution in [3.63, 3.8) is 0 Å². The van der Waals surface area contributed by atoms with Crippen LogP contribution in [0.5, 0.6) is 5.75 Å². The highest BCUT2D eigenvalue weighted by atomic mass is 16.5. The topological polar surface area (TPSA) is 76.9 Å². The molecule has 2 heterocycles. The third-order valence-corrected chi connectivity index (χ3v) is 7.54. The molecule has 8 nitrogen and oxygen atoms in total. The van der Waals surface area contributed by atoms with Gasteiger partial charge in [-0.15, -0.1) is 0 Å². The van der Waals surface area contributed by atoms with E-state index < -0.39 is 0 Å². The summed E-state index contributed by atoms with van der Waals surface area (Å²) in [6.07, 6.45) is 1.10. The van der Waals surface area contributed by atoms with Gasteiger partial charge >= 0.3 is 0 Å². The molecule has 0 spiro atoms. The molecular formula is C32H36N4O4. The molecule has 0 radical (unpaired) electrons. The van der Waals surface area contributed by atoms with Crippen LogP contribution in [0.1, 0.15) is 43.1 Å². The molecule has 2 amide bonds. The van der Waals surface area contributed by atoms with Gasteiger partial charge in [-0.05, 0) is 55.7 Å². The summed E-state index contributed by atoms with van der Waals surface area (Å²) >= 11 is 0. The standard InChI is InChI=1S/C32H36N4O4/c1-5-23-13-11-12-22(3)31(23)36(21-40-6-2)30(38)20-35-26-15-8-7-14-25(26)33-32(35)24-18-29(37)34(19-24)27-16-9-10-17-28(27)39-4/h7-17,24H,5-6,18-21H2,1-4H3/t24-/m0/s1. The molecule has 40 heavy (non-hydrogen) atoms. The van der Waals surface area contributed by atoms with E-state index in [1.807, 2.05) is 79.1 Å². The van der Waals surface area contributed by atoms with E-state index in [1.54, 1.807) is 16.9 Å². The van der Waals surface area contributed by atoms with Crippen LogP contribution in [-0.2, 0) is 27.3 Å². The van der Waals surface area contributed by atoms with Crippen LogP contribution in [0.25, 0.3) is 11.0 Å². The lowest BCUT2D eigenvalue weighted by Crippen LogP contribution is -2.37. The average molecular weight is 541 g/mol. The highest BCUT2D eigenvalue weighted by Crippen LogP contribution is 2.37. The van der Waals surface area contributed by atoms with Crippen LogP contribution in [0.4, 0.5) is 11.4 Å². The maximum absolute atomic E-state index is 14.1. The van der Waals surface area contributed by atoms with E-state index >= 15 is 0 Å². The second kappa shape index (κ2) is 11.9. The molecule has 4 aromatic rings. The van der Waals surface area contributed by atoms with Crippen LogP contribution < -0.4 is 14.5 Å². The predicted octanol–water partition coefficient (Wildman–Crippen LogP) is 5.46. The summed E-state index contributed by atoms with van der Waals surface area (Å²) < 4.78 is 13.3. The lowest BCUT2D eigenvalue weighted by atomic mass is 10.0. The van der Waals surface area contributed by atoms with Gasteiger partial charge in [0.25, 0.3) is 0 Å². The third kappa shape index (κ3) is 5.19. The molecular weight excluding hydrogens is 504 g/mol. The summed E-state index contributed by atoms with van der Waals surface area (Å²) in [7, 11) is 1.61. The monoisotopic (exact) mass is 540 g/mol. The Bertz CT molecular complexity index is 1530. The van der Waals surface area contributed by atoms with Gasteiger partial charge in [-0.3, -0.25) is 14.5 Å². The summed E-state index contributed by atoms with van der Waals surface area (Å²) in [4.78, 5) is 35.8. The van der Waals surface area contributed by atoms with Gasteiger partial charge in [0.15, 0.2) is 0 Å². The molecule has 208 valence electrons. The quantitative estimate of drug-likeness (QED) is 0.250. The number of amides is 2. The predicted molar refractivity (Wildman–Crippen MR) is 157 cm³/mol. The number of hydrogen-bond donors (Lipinski definition) is 0. The molecule has 0 N–H and O–H groups in total. The van der Waals surface area contributed by atoms with Gasteiger partial charge in [0.05, 0.1) is 29.5 Å². The summed E-state index contributed by atoms with van der Waals surface area (Å²) in [6, 6.07) is 21.4. The van der Waals surface area contributed by atoms with Gasteiger partial charge in [-0.2, -0.15) is 0 Å². The number of benzene rings is 3. The molecule has 1 aliphatic heterocycles. The zero-order chi connectivity index (χ0) is 28.2. The molecule has 5 rings (SSSR count). The normalized spacial score (nSPS) is 15.2. The number of aryl methyl sites for hydroxylation is 2. The maximum Gasteiger partial charge on any atom is 0.248 e. The number of aromatic nitrogens is 2. The van der Waals surface area contributed by atoms with Gasteiger partial charge in [0.1, 0.15) is 24.8 Å². The van der Waals surface area contributed by atoms with Crippen molar-refractivity contribution in [2.24, 2.45) is 0 Å². The Hall–Kier alpha value is -4.17. The number of rotatable bonds is 10. The van der Waals surface area contributed by atoms with E-state index in [0.717, 1.165) is 45.8 Å². The molecule has 1 aromatic heterocycles. The van der Waals surface area contributed by atoms with Gasteiger partial charge in [-0.1, -0.05) is 49.4 Å². The van der Waals surface area contributed by atoms with Gasteiger partial charge in [0.2, 0.25) is 11.8 Å². The molecule has 0 bridgehead atoms. The van der Waals surface area contributed by atoms with Crippen LogP contribution in [0.2, 0.25) is 0 Å². The molecule has 3 aromatic carbocycles. The molecule has 1 aliphatic rings. The number of hydrogen-bond acceptors (Lipinski definition) is 5. The number of nitrogens with zero attached hydrogens (tertiary/aromatic N) is 4. The Morgan fingerprint density at radius 3 is 2.60 bits per heavy atom. The Balaban J connectivity index is 1.51. The zero-order valence-corrected chi connectivity index (χ0v) is 23.6. The lowest BCUT2D eigenvalue weighted by molar-refractivity contribution is -0.120. The van der Waals surface area contributed by atoms with E-state index in [4.69, 9.17) is 14.5 Å². The van der Waals surface area contributed by atoms with Crippen molar-refractivity contribution in [1.29, 1.82) is 0 Å². The first-order chi connectivity index (χ1) is 19.5. The summed E-state index contributed by atoms with van der Waals surface area (Å²) in [5.41, 5.74) is 5.43. The molecule has 0 aliphatic carbocycles. The number of ether oxygens (including phenoxy) is 2. The highest BCUT2D eigenvalue weighted by Gasteiger charge is 2.36. The van der Waals surface area contributed by atoms with Crippen molar-refractivity contribution in [3.8, 4) is 5.75 Å². The summed E-state index contributed by atoms with van der Waals surface area (Å²) in [5, 5.41) is 0. The Morgan fingerprint density at radius 1 is 1.05 bits per heavy atom. The van der Waals surface area contributed by atoms with Crippen LogP contribution in [0.3, 0.4) is 0 Å². The SMILES string of the molecule is CCOCN(C(=O)Cn1c([C@H]2CC(=O)N(c3ccccc3OC)C2)nc2ccccc21)c1c(C)cccc1CC. The molecule has 8 heteroatoms. The van der Waals surface area contributed by atoms with Crippen molar-refractivity contribution < 1.29 is 19.1 Å². The molecule has 1 saturated heterocycles. The number of carbonyl (C=O) groups excluding carboxylic acids is 2. The second-order valence-corrected chi connectivity index (χ2v) is 10.0. The summed E-state index contributed by atoms with van der Waals surface area (Å²) in [5.74, 6) is 1.12. The van der Waals surface area contributed by atoms with Crippen molar-refractivity contribution >= 4 is 34.2 Å². The van der Waals surface area contributed by atoms with Crippen molar-refractivity contribution in [1.82, 2.24) is 9.55 Å². The Kier molecular flexibility index (Phi) is 8.16. The minimum atomic E-state index is -0.178. The minimum Gasteiger partial charge on any atom is -0.495 e. The lowest BCUT2D eigenvalue weighted by Gasteiger charge is -2.27. The number of fused-ring (bicyclic) bond motifs is 1. The van der Waals surface area contributed by atoms with E-state index in [2.05, 4.69) is 13.0 Å². The number of methoxy groups -OCH3 is 1. The fourth-order valence-corrected chi connectivity index (χ4v) is 5.59. The first-order valence-electron chi connectivity index (χ1n) is 13.8. The Labute approximate surface area is 235 Å². The molecule has 1 fully saturated rings. The van der Waals surface area contributed by atoms with Crippen LogP contribution in [-0.4, -0.2) is 48.4 Å². The smallest absolute Gasteiger partial charge is 0.248 e. The molecule has 0 unspecified atom stereocenters. The zero-order valence-electron chi connectivity index (χ0n) is 23.6. The minimum absolute atomic E-state index is 0.00454. The Morgan fingerprint density at radius 2 is 1.82 bits per heavy atom. The fourth-order valence-electron chi connectivity index (χ4n) is 5.59. The first-order valence-corrected chi connectivity index (χ1v) is 13.8. The number of para-hydroxylation sites is 5. The highest BCUT2D eigenvalue weighted by molar-refractivity contribution is 5.98. The maximum atomic E-state index is 14.1. The van der Waals surface area contributed by atoms with Crippen molar-refractivity contribution in [2.45, 2.75) is 46.1 Å².